The third kappa shape index (κ3) is 5.94. The average molecular weight is 477 g/mol. The molecule has 1 aliphatic carbocycles. The van der Waals surface area contributed by atoms with Crippen LogP contribution in [0.5, 0.6) is 0 Å². The summed E-state index contributed by atoms with van der Waals surface area (Å²) in [5, 5.41) is 5.77. The Hall–Kier alpha value is -3.54. The van der Waals surface area contributed by atoms with Crippen LogP contribution in [0.1, 0.15) is 74.6 Å². The molecule has 4 rings (SSSR count). The van der Waals surface area contributed by atoms with Crippen LogP contribution in [0.15, 0.2) is 60.7 Å². The number of aryl methyl sites for hydroxylation is 2. The second-order valence-electron chi connectivity index (χ2n) is 9.37. The van der Waals surface area contributed by atoms with Crippen molar-refractivity contribution in [3.8, 4) is 0 Å². The highest BCUT2D eigenvalue weighted by Crippen LogP contribution is 2.36. The molecule has 1 fully saturated rings. The Morgan fingerprint density at radius 2 is 1.63 bits per heavy atom. The molecular formula is C29H30F2N2O2. The van der Waals surface area contributed by atoms with Gasteiger partial charge in [0.05, 0.1) is 11.1 Å². The number of hydrogen-bond acceptors (Lipinski definition) is 2. The van der Waals surface area contributed by atoms with E-state index < -0.39 is 23.4 Å². The van der Waals surface area contributed by atoms with Crippen molar-refractivity contribution in [1.82, 2.24) is 10.6 Å². The second-order valence-corrected chi connectivity index (χ2v) is 9.37. The van der Waals surface area contributed by atoms with Crippen molar-refractivity contribution in [2.45, 2.75) is 58.0 Å². The highest BCUT2D eigenvalue weighted by molar-refractivity contribution is 5.95. The molecular weight excluding hydrogens is 446 g/mol. The Labute approximate surface area is 204 Å². The monoisotopic (exact) mass is 476 g/mol. The number of carbonyl (C=O) groups excluding carboxylic acids is 2. The van der Waals surface area contributed by atoms with Crippen LogP contribution in [0.25, 0.3) is 0 Å². The summed E-state index contributed by atoms with van der Waals surface area (Å²) >= 11 is 0. The van der Waals surface area contributed by atoms with Gasteiger partial charge in [-0.15, -0.1) is 0 Å². The lowest BCUT2D eigenvalue weighted by atomic mass is 9.79. The molecule has 0 heterocycles. The summed E-state index contributed by atoms with van der Waals surface area (Å²) in [6, 6.07) is 17.0. The van der Waals surface area contributed by atoms with Gasteiger partial charge in [0.15, 0.2) is 0 Å². The van der Waals surface area contributed by atoms with E-state index in [4.69, 9.17) is 0 Å². The molecule has 3 aromatic rings. The van der Waals surface area contributed by atoms with E-state index in [2.05, 4.69) is 10.6 Å². The van der Waals surface area contributed by atoms with Crippen molar-refractivity contribution in [3.63, 3.8) is 0 Å². The number of hydrogen-bond donors (Lipinski definition) is 2. The van der Waals surface area contributed by atoms with Crippen molar-refractivity contribution in [1.29, 1.82) is 0 Å². The molecule has 1 aliphatic rings. The summed E-state index contributed by atoms with van der Waals surface area (Å²) in [6.45, 7) is 3.93. The third-order valence-corrected chi connectivity index (χ3v) is 6.71. The molecule has 0 aromatic heterocycles. The number of benzene rings is 3. The zero-order valence-electron chi connectivity index (χ0n) is 20.0. The molecule has 0 bridgehead atoms. The van der Waals surface area contributed by atoms with E-state index in [9.17, 15) is 18.4 Å². The highest BCUT2D eigenvalue weighted by atomic mass is 19.1. The highest BCUT2D eigenvalue weighted by Gasteiger charge is 2.28. The summed E-state index contributed by atoms with van der Waals surface area (Å²) in [6.07, 6.45) is 3.19. The first-order valence-corrected chi connectivity index (χ1v) is 12.0. The molecule has 4 nitrogen and oxygen atoms in total. The van der Waals surface area contributed by atoms with E-state index in [0.717, 1.165) is 41.5 Å². The Kier molecular flexibility index (Phi) is 7.59. The normalized spacial score (nSPS) is 17.6. The molecule has 2 unspecified atom stereocenters. The molecule has 6 heteroatoms. The molecule has 2 amide bonds. The van der Waals surface area contributed by atoms with Crippen LogP contribution in [0, 0.1) is 25.5 Å². The molecule has 35 heavy (non-hydrogen) atoms. The summed E-state index contributed by atoms with van der Waals surface area (Å²) in [5.74, 6) is -1.89. The van der Waals surface area contributed by atoms with Crippen LogP contribution >= 0.6 is 0 Å². The minimum atomic E-state index is -0.549. The number of nitrogens with one attached hydrogen (secondary N) is 2. The fraction of sp³-hybridized carbons (Fsp3) is 0.310. The molecule has 0 aliphatic heterocycles. The maximum absolute atomic E-state index is 14.7. The Bertz CT molecular complexity index is 1230. The van der Waals surface area contributed by atoms with E-state index >= 15 is 0 Å². The van der Waals surface area contributed by atoms with E-state index in [1.807, 2.05) is 37.3 Å². The molecule has 182 valence electrons. The maximum atomic E-state index is 14.7. The predicted octanol–water partition coefficient (Wildman–Crippen LogP) is 5.97. The van der Waals surface area contributed by atoms with Crippen LogP contribution in [0.3, 0.4) is 0 Å². The molecule has 0 radical (unpaired) electrons. The molecule has 2 N–H and O–H groups in total. The Balaban J connectivity index is 1.46. The van der Waals surface area contributed by atoms with Crippen LogP contribution in [-0.2, 0) is 6.54 Å². The largest absolute Gasteiger partial charge is 0.349 e. The number of amides is 2. The lowest BCUT2D eigenvalue weighted by molar-refractivity contribution is 0.0919. The first-order valence-electron chi connectivity index (χ1n) is 12.0. The second kappa shape index (κ2) is 10.8. The lowest BCUT2D eigenvalue weighted by Crippen LogP contribution is -2.38. The van der Waals surface area contributed by atoms with Crippen molar-refractivity contribution in [3.05, 3.63) is 106 Å². The minimum Gasteiger partial charge on any atom is -0.349 e. The lowest BCUT2D eigenvalue weighted by Gasteiger charge is -2.31. The summed E-state index contributed by atoms with van der Waals surface area (Å²) in [7, 11) is 0. The quantitative estimate of drug-likeness (QED) is 0.461. The first-order chi connectivity index (χ1) is 16.8. The SMILES string of the molecule is Cc1ccc(C(=O)NC2CCCC(c3cc(C(=O)NCc4ccccc4)c(F)cc3C)C2)c(F)c1. The van der Waals surface area contributed by atoms with Gasteiger partial charge >= 0.3 is 0 Å². The third-order valence-electron chi connectivity index (χ3n) is 6.71. The Morgan fingerprint density at radius 1 is 0.886 bits per heavy atom. The van der Waals surface area contributed by atoms with Gasteiger partial charge in [-0.05, 0) is 85.5 Å². The standard InChI is InChI=1S/C29H30F2N2O2/c1-18-11-12-23(26(30)13-18)29(35)33-22-10-6-9-21(15-22)24-16-25(27(31)14-19(24)2)28(34)32-17-20-7-4-3-5-8-20/h3-5,7-8,11-14,16,21-22H,6,9-10,15,17H2,1-2H3,(H,32,34)(H,33,35). The van der Waals surface area contributed by atoms with Gasteiger partial charge in [-0.3, -0.25) is 9.59 Å². The van der Waals surface area contributed by atoms with E-state index in [1.54, 1.807) is 19.1 Å². The van der Waals surface area contributed by atoms with Crippen LogP contribution in [0.2, 0.25) is 0 Å². The van der Waals surface area contributed by atoms with Gasteiger partial charge in [0.25, 0.3) is 11.8 Å². The number of halogens is 2. The van der Waals surface area contributed by atoms with E-state index in [-0.39, 0.29) is 23.1 Å². The van der Waals surface area contributed by atoms with Gasteiger partial charge in [0.1, 0.15) is 11.6 Å². The summed E-state index contributed by atoms with van der Waals surface area (Å²) in [5.41, 5.74) is 3.44. The van der Waals surface area contributed by atoms with Crippen LogP contribution in [-0.4, -0.2) is 17.9 Å². The molecule has 0 spiro atoms. The molecule has 2 atom stereocenters. The zero-order valence-corrected chi connectivity index (χ0v) is 20.0. The van der Waals surface area contributed by atoms with Crippen molar-refractivity contribution >= 4 is 11.8 Å². The minimum absolute atomic E-state index is 0.0226. The van der Waals surface area contributed by atoms with Gasteiger partial charge < -0.3 is 10.6 Å². The van der Waals surface area contributed by atoms with E-state index in [0.29, 0.717) is 13.0 Å². The summed E-state index contributed by atoms with van der Waals surface area (Å²) in [4.78, 5) is 25.4. The molecule has 1 saturated carbocycles. The van der Waals surface area contributed by atoms with Crippen molar-refractivity contribution in [2.24, 2.45) is 0 Å². The number of carbonyl (C=O) groups is 2. The van der Waals surface area contributed by atoms with Gasteiger partial charge in [-0.1, -0.05) is 42.8 Å². The van der Waals surface area contributed by atoms with Gasteiger partial charge in [0, 0.05) is 12.6 Å². The van der Waals surface area contributed by atoms with Gasteiger partial charge in [-0.2, -0.15) is 0 Å². The maximum Gasteiger partial charge on any atom is 0.254 e. The zero-order chi connectivity index (χ0) is 24.9. The average Bonchev–Trinajstić information content (AvgIpc) is 2.83. The van der Waals surface area contributed by atoms with Crippen LogP contribution in [0.4, 0.5) is 8.78 Å². The smallest absolute Gasteiger partial charge is 0.254 e. The van der Waals surface area contributed by atoms with Crippen molar-refractivity contribution in [2.75, 3.05) is 0 Å². The van der Waals surface area contributed by atoms with Crippen LogP contribution < -0.4 is 10.6 Å². The Morgan fingerprint density at radius 3 is 2.37 bits per heavy atom. The van der Waals surface area contributed by atoms with Crippen molar-refractivity contribution < 1.29 is 18.4 Å². The molecule has 3 aromatic carbocycles. The predicted molar refractivity (Wildman–Crippen MR) is 132 cm³/mol. The topological polar surface area (TPSA) is 58.2 Å². The van der Waals surface area contributed by atoms with Gasteiger partial charge in [-0.25, -0.2) is 8.78 Å². The van der Waals surface area contributed by atoms with Gasteiger partial charge in [0.2, 0.25) is 0 Å². The first kappa shape index (κ1) is 24.6. The number of rotatable bonds is 6. The summed E-state index contributed by atoms with van der Waals surface area (Å²) < 4.78 is 29.0. The molecule has 0 saturated heterocycles. The van der Waals surface area contributed by atoms with E-state index in [1.165, 1.54) is 18.2 Å². The fourth-order valence-corrected chi connectivity index (χ4v) is 4.85. The fourth-order valence-electron chi connectivity index (χ4n) is 4.85.